The van der Waals surface area contributed by atoms with Gasteiger partial charge in [-0.05, 0) is 61.5 Å². The summed E-state index contributed by atoms with van der Waals surface area (Å²) in [5.41, 5.74) is 0.791. The molecule has 1 aromatic rings. The molecule has 2 fully saturated rings. The first kappa shape index (κ1) is 40.9. The van der Waals surface area contributed by atoms with E-state index in [-0.39, 0.29) is 55.4 Å². The zero-order chi connectivity index (χ0) is 36.6. The normalized spacial score (nSPS) is 18.6. The molecule has 0 bridgehead atoms. The summed E-state index contributed by atoms with van der Waals surface area (Å²) in [5, 5.41) is 32.0. The number of aliphatic hydroxyl groups is 1. The zero-order valence-electron chi connectivity index (χ0n) is 30.5. The van der Waals surface area contributed by atoms with Gasteiger partial charge in [-0.25, -0.2) is 0 Å². The van der Waals surface area contributed by atoms with Crippen LogP contribution in [-0.2, 0) is 24.0 Å². The number of nitrogens with zero attached hydrogens (tertiary/aromatic N) is 1. The Morgan fingerprint density at radius 2 is 1.54 bits per heavy atom. The number of nitrogens with one attached hydrogen (secondary N) is 4. The summed E-state index contributed by atoms with van der Waals surface area (Å²) in [7, 11) is 0. The fourth-order valence-electron chi connectivity index (χ4n) is 6.81. The maximum Gasteiger partial charge on any atom is 0.303 e. The molecule has 3 rings (SSSR count). The van der Waals surface area contributed by atoms with Crippen LogP contribution in [0.15, 0.2) is 24.4 Å². The van der Waals surface area contributed by atoms with Gasteiger partial charge in [0, 0.05) is 19.0 Å². The van der Waals surface area contributed by atoms with E-state index in [9.17, 15) is 29.1 Å². The quantitative estimate of drug-likeness (QED) is 0.102. The highest BCUT2D eigenvalue weighted by molar-refractivity contribution is 5.92. The number of hydrogen-bond donors (Lipinski definition) is 6. The van der Waals surface area contributed by atoms with Crippen LogP contribution >= 0.6 is 0 Å². The molecule has 12 heteroatoms. The summed E-state index contributed by atoms with van der Waals surface area (Å²) < 4.78 is 0. The molecule has 6 N–H and O–H groups in total. The number of amides is 4. The molecule has 0 aromatic carbocycles. The Kier molecular flexibility index (Phi) is 17.1. The first-order chi connectivity index (χ1) is 23.9. The lowest BCUT2D eigenvalue weighted by atomic mass is 9.84. The van der Waals surface area contributed by atoms with Crippen molar-refractivity contribution in [1.29, 1.82) is 0 Å². The van der Waals surface area contributed by atoms with Gasteiger partial charge >= 0.3 is 5.97 Å². The second kappa shape index (κ2) is 21.0. The van der Waals surface area contributed by atoms with E-state index >= 15 is 0 Å². The van der Waals surface area contributed by atoms with Gasteiger partial charge in [0.15, 0.2) is 0 Å². The zero-order valence-corrected chi connectivity index (χ0v) is 30.5. The van der Waals surface area contributed by atoms with Crippen LogP contribution in [0.3, 0.4) is 0 Å². The van der Waals surface area contributed by atoms with E-state index in [4.69, 9.17) is 5.11 Å². The maximum atomic E-state index is 13.8. The SMILES string of the molecule is CC[C@H](C)[C@H](NC(=O)CCCC(=O)O)C(=O)N[C@@H](CC1CC1)C(=O)N[C@@H](CC(C)C)[C@@H](O)CC(=O)N[C@@H](CC1CCCCC1)c1ccccn1. The van der Waals surface area contributed by atoms with E-state index in [1.54, 1.807) is 6.20 Å². The fourth-order valence-corrected chi connectivity index (χ4v) is 6.81. The Morgan fingerprint density at radius 3 is 2.14 bits per heavy atom. The molecule has 280 valence electrons. The summed E-state index contributed by atoms with van der Waals surface area (Å²) >= 11 is 0. The monoisotopic (exact) mass is 699 g/mol. The van der Waals surface area contributed by atoms with Crippen LogP contribution in [0, 0.1) is 23.7 Å². The smallest absolute Gasteiger partial charge is 0.303 e. The molecule has 6 atom stereocenters. The number of carbonyl (C=O) groups excluding carboxylic acids is 4. The minimum absolute atomic E-state index is 0.0238. The predicted octanol–water partition coefficient (Wildman–Crippen LogP) is 4.56. The van der Waals surface area contributed by atoms with Gasteiger partial charge in [0.1, 0.15) is 12.1 Å². The van der Waals surface area contributed by atoms with Crippen molar-refractivity contribution in [3.63, 3.8) is 0 Å². The number of rotatable bonds is 22. The Hall–Kier alpha value is -3.54. The molecule has 0 radical (unpaired) electrons. The van der Waals surface area contributed by atoms with Gasteiger partial charge in [0.25, 0.3) is 0 Å². The fraction of sp³-hybridized carbons (Fsp3) is 0.737. The number of aliphatic carboxylic acids is 1. The standard InChI is InChI=1S/C38H61N5O7/c1-5-25(4)36(43-33(45)15-11-16-35(47)48)38(50)42-31(22-27-17-18-27)37(49)41-30(20-24(2)3)32(44)23-34(46)40-29(28-14-9-10-19-39-28)21-26-12-7-6-8-13-26/h9-10,14,19,24-27,29-32,36,44H,5-8,11-13,15-18,20-23H2,1-4H3,(H,40,46)(H,41,49)(H,42,50)(H,43,45)(H,47,48)/t25-,29-,30-,31-,32-,36-/m0/s1. The second-order valence-corrected chi connectivity index (χ2v) is 15.0. The van der Waals surface area contributed by atoms with Crippen LogP contribution in [-0.4, -0.2) is 69.0 Å². The van der Waals surface area contributed by atoms with E-state index in [0.29, 0.717) is 25.2 Å². The molecule has 0 aliphatic heterocycles. The summed E-state index contributed by atoms with van der Waals surface area (Å²) in [6.45, 7) is 7.70. The Labute approximate surface area is 297 Å². The molecule has 1 heterocycles. The van der Waals surface area contributed by atoms with Gasteiger partial charge in [-0.15, -0.1) is 0 Å². The third kappa shape index (κ3) is 14.7. The summed E-state index contributed by atoms with van der Waals surface area (Å²) in [5.74, 6) is -1.99. The van der Waals surface area contributed by atoms with Gasteiger partial charge < -0.3 is 31.5 Å². The lowest BCUT2D eigenvalue weighted by Crippen LogP contribution is -2.57. The minimum atomic E-state index is -1.16. The number of carboxylic acids is 1. The number of aromatic nitrogens is 1. The van der Waals surface area contributed by atoms with Crippen LogP contribution < -0.4 is 21.3 Å². The van der Waals surface area contributed by atoms with Crippen molar-refractivity contribution in [1.82, 2.24) is 26.3 Å². The van der Waals surface area contributed by atoms with E-state index < -0.39 is 47.9 Å². The third-order valence-corrected chi connectivity index (χ3v) is 10.1. The molecular formula is C38H61N5O7. The summed E-state index contributed by atoms with van der Waals surface area (Å²) in [4.78, 5) is 68.8. The van der Waals surface area contributed by atoms with Gasteiger partial charge in [0.2, 0.25) is 23.6 Å². The van der Waals surface area contributed by atoms with Crippen LogP contribution in [0.5, 0.6) is 0 Å². The predicted molar refractivity (Wildman–Crippen MR) is 190 cm³/mol. The first-order valence-electron chi connectivity index (χ1n) is 18.9. The number of pyridine rings is 1. The maximum absolute atomic E-state index is 13.8. The largest absolute Gasteiger partial charge is 0.481 e. The molecule has 2 saturated carbocycles. The molecule has 12 nitrogen and oxygen atoms in total. The molecule has 0 spiro atoms. The van der Waals surface area contributed by atoms with Crippen molar-refractivity contribution < 1.29 is 34.2 Å². The number of aliphatic hydroxyl groups excluding tert-OH is 1. The van der Waals surface area contributed by atoms with Crippen molar-refractivity contribution in [2.75, 3.05) is 0 Å². The van der Waals surface area contributed by atoms with Gasteiger partial charge in [0.05, 0.1) is 30.3 Å². The highest BCUT2D eigenvalue weighted by atomic mass is 16.4. The van der Waals surface area contributed by atoms with Crippen molar-refractivity contribution >= 4 is 29.6 Å². The Morgan fingerprint density at radius 1 is 0.840 bits per heavy atom. The summed E-state index contributed by atoms with van der Waals surface area (Å²) in [6.07, 6.45) is 10.4. The molecule has 50 heavy (non-hydrogen) atoms. The minimum Gasteiger partial charge on any atom is -0.481 e. The van der Waals surface area contributed by atoms with E-state index in [0.717, 1.165) is 37.8 Å². The topological polar surface area (TPSA) is 187 Å². The van der Waals surface area contributed by atoms with Crippen LogP contribution in [0.4, 0.5) is 0 Å². The van der Waals surface area contributed by atoms with Gasteiger partial charge in [-0.3, -0.25) is 29.0 Å². The van der Waals surface area contributed by atoms with E-state index in [1.165, 1.54) is 19.3 Å². The average Bonchev–Trinajstić information content (AvgIpc) is 3.90. The van der Waals surface area contributed by atoms with Crippen molar-refractivity contribution in [2.45, 2.75) is 154 Å². The van der Waals surface area contributed by atoms with Gasteiger partial charge in [-0.1, -0.05) is 85.1 Å². The number of carbonyl (C=O) groups is 5. The summed E-state index contributed by atoms with van der Waals surface area (Å²) in [6, 6.07) is 2.89. The lowest BCUT2D eigenvalue weighted by Gasteiger charge is -2.30. The number of carboxylic acid groups (broad SMARTS) is 1. The van der Waals surface area contributed by atoms with Crippen LogP contribution in [0.1, 0.15) is 136 Å². The first-order valence-corrected chi connectivity index (χ1v) is 18.9. The average molecular weight is 700 g/mol. The molecule has 0 saturated heterocycles. The highest BCUT2D eigenvalue weighted by Crippen LogP contribution is 2.34. The van der Waals surface area contributed by atoms with E-state index in [2.05, 4.69) is 26.3 Å². The molecule has 0 unspecified atom stereocenters. The Bertz CT molecular complexity index is 1240. The van der Waals surface area contributed by atoms with Crippen molar-refractivity contribution in [3.8, 4) is 0 Å². The molecular weight excluding hydrogens is 638 g/mol. The van der Waals surface area contributed by atoms with Crippen LogP contribution in [0.2, 0.25) is 0 Å². The molecule has 4 amide bonds. The van der Waals surface area contributed by atoms with E-state index in [1.807, 2.05) is 45.9 Å². The van der Waals surface area contributed by atoms with Crippen molar-refractivity contribution in [3.05, 3.63) is 30.1 Å². The molecule has 1 aromatic heterocycles. The molecule has 2 aliphatic rings. The second-order valence-electron chi connectivity index (χ2n) is 15.0. The number of hydrogen-bond acceptors (Lipinski definition) is 7. The lowest BCUT2D eigenvalue weighted by molar-refractivity contribution is -0.137. The highest BCUT2D eigenvalue weighted by Gasteiger charge is 2.36. The Balaban J connectivity index is 1.67. The van der Waals surface area contributed by atoms with Gasteiger partial charge in [-0.2, -0.15) is 0 Å². The molecule has 2 aliphatic carbocycles. The van der Waals surface area contributed by atoms with Crippen molar-refractivity contribution in [2.24, 2.45) is 23.7 Å². The van der Waals surface area contributed by atoms with Crippen LogP contribution in [0.25, 0.3) is 0 Å². The third-order valence-electron chi connectivity index (χ3n) is 10.1.